The number of halogens is 1. The molecule has 0 spiro atoms. The molecule has 1 fully saturated rings. The Balaban J connectivity index is 1.56. The van der Waals surface area contributed by atoms with Crippen molar-refractivity contribution in [3.8, 4) is 0 Å². The van der Waals surface area contributed by atoms with Gasteiger partial charge in [-0.05, 0) is 55.2 Å². The van der Waals surface area contributed by atoms with Gasteiger partial charge in [0.25, 0.3) is 5.91 Å². The lowest BCUT2D eigenvalue weighted by atomic mass is 10.1. The fourth-order valence-electron chi connectivity index (χ4n) is 2.39. The molecule has 7 heteroatoms. The maximum atomic E-state index is 13.5. The standard InChI is InChI=1S/C18H19FN2O3S/c19-17-4-2-1-3-13(17)11-12-20-18(22)14-5-9-16(10-6-14)25(23,24)21-15-7-8-15/h1-6,9-10,15,21H,7-8,11-12H2,(H,20,22). The Hall–Kier alpha value is -2.25. The first-order valence-corrected chi connectivity index (χ1v) is 9.58. The van der Waals surface area contributed by atoms with E-state index in [0.717, 1.165) is 12.8 Å². The number of carbonyl (C=O) groups is 1. The Morgan fingerprint density at radius 3 is 2.40 bits per heavy atom. The molecule has 1 saturated carbocycles. The SMILES string of the molecule is O=C(NCCc1ccccc1F)c1ccc(S(=O)(=O)NC2CC2)cc1. The number of sulfonamides is 1. The van der Waals surface area contributed by atoms with Gasteiger partial charge in [0, 0.05) is 18.2 Å². The average Bonchev–Trinajstić information content (AvgIpc) is 3.40. The average molecular weight is 362 g/mol. The molecule has 132 valence electrons. The number of hydrogen-bond donors (Lipinski definition) is 2. The van der Waals surface area contributed by atoms with Crippen molar-refractivity contribution in [1.82, 2.24) is 10.0 Å². The lowest BCUT2D eigenvalue weighted by Crippen LogP contribution is -2.27. The van der Waals surface area contributed by atoms with E-state index in [1.54, 1.807) is 18.2 Å². The van der Waals surface area contributed by atoms with E-state index in [0.29, 0.717) is 24.1 Å². The Bertz CT molecular complexity index is 862. The molecule has 3 rings (SSSR count). The second-order valence-corrected chi connectivity index (χ2v) is 7.73. The molecule has 0 atom stereocenters. The summed E-state index contributed by atoms with van der Waals surface area (Å²) in [6, 6.07) is 12.2. The molecular weight excluding hydrogens is 343 g/mol. The highest BCUT2D eigenvalue weighted by Crippen LogP contribution is 2.22. The summed E-state index contributed by atoms with van der Waals surface area (Å²) in [6.45, 7) is 0.295. The highest BCUT2D eigenvalue weighted by Gasteiger charge is 2.27. The van der Waals surface area contributed by atoms with Crippen LogP contribution in [0.3, 0.4) is 0 Å². The molecule has 1 aliphatic rings. The van der Waals surface area contributed by atoms with Crippen LogP contribution in [0.25, 0.3) is 0 Å². The first-order valence-electron chi connectivity index (χ1n) is 8.10. The Kier molecular flexibility index (Phi) is 5.15. The highest BCUT2D eigenvalue weighted by atomic mass is 32.2. The third-order valence-electron chi connectivity index (χ3n) is 3.96. The fourth-order valence-corrected chi connectivity index (χ4v) is 3.69. The molecular formula is C18H19FN2O3S. The Labute approximate surface area is 146 Å². The summed E-state index contributed by atoms with van der Waals surface area (Å²) in [5, 5.41) is 2.70. The van der Waals surface area contributed by atoms with Crippen LogP contribution in [0.15, 0.2) is 53.4 Å². The molecule has 0 aliphatic heterocycles. The van der Waals surface area contributed by atoms with Crippen molar-refractivity contribution >= 4 is 15.9 Å². The highest BCUT2D eigenvalue weighted by molar-refractivity contribution is 7.89. The van der Waals surface area contributed by atoms with Crippen LogP contribution in [0.5, 0.6) is 0 Å². The summed E-state index contributed by atoms with van der Waals surface area (Å²) in [6.07, 6.45) is 2.11. The molecule has 0 bridgehead atoms. The van der Waals surface area contributed by atoms with E-state index in [1.165, 1.54) is 30.3 Å². The van der Waals surface area contributed by atoms with E-state index in [4.69, 9.17) is 0 Å². The van der Waals surface area contributed by atoms with Gasteiger partial charge in [-0.15, -0.1) is 0 Å². The monoisotopic (exact) mass is 362 g/mol. The largest absolute Gasteiger partial charge is 0.352 e. The van der Waals surface area contributed by atoms with Crippen molar-refractivity contribution in [2.45, 2.75) is 30.2 Å². The van der Waals surface area contributed by atoms with Crippen LogP contribution in [-0.4, -0.2) is 26.9 Å². The van der Waals surface area contributed by atoms with Crippen molar-refractivity contribution in [3.05, 3.63) is 65.5 Å². The number of benzene rings is 2. The molecule has 1 aliphatic carbocycles. The second kappa shape index (κ2) is 7.33. The van der Waals surface area contributed by atoms with Crippen LogP contribution in [0.2, 0.25) is 0 Å². The number of nitrogens with one attached hydrogen (secondary N) is 2. The molecule has 25 heavy (non-hydrogen) atoms. The van der Waals surface area contributed by atoms with E-state index >= 15 is 0 Å². The van der Waals surface area contributed by atoms with E-state index in [2.05, 4.69) is 10.0 Å². The van der Waals surface area contributed by atoms with Crippen molar-refractivity contribution in [3.63, 3.8) is 0 Å². The number of amides is 1. The summed E-state index contributed by atoms with van der Waals surface area (Å²) in [4.78, 5) is 12.2. The summed E-state index contributed by atoms with van der Waals surface area (Å²) < 4.78 is 40.3. The van der Waals surface area contributed by atoms with Crippen molar-refractivity contribution in [2.75, 3.05) is 6.54 Å². The van der Waals surface area contributed by atoms with Crippen LogP contribution in [0.4, 0.5) is 4.39 Å². The van der Waals surface area contributed by atoms with Gasteiger partial charge in [-0.25, -0.2) is 17.5 Å². The number of hydrogen-bond acceptors (Lipinski definition) is 3. The normalized spacial score (nSPS) is 14.3. The second-order valence-electron chi connectivity index (χ2n) is 6.02. The quantitative estimate of drug-likeness (QED) is 0.793. The minimum Gasteiger partial charge on any atom is -0.352 e. The molecule has 2 aromatic carbocycles. The van der Waals surface area contributed by atoms with Crippen molar-refractivity contribution in [1.29, 1.82) is 0 Å². The summed E-state index contributed by atoms with van der Waals surface area (Å²) >= 11 is 0. The van der Waals surface area contributed by atoms with Crippen molar-refractivity contribution < 1.29 is 17.6 Å². The maximum absolute atomic E-state index is 13.5. The van der Waals surface area contributed by atoms with Gasteiger partial charge in [-0.1, -0.05) is 18.2 Å². The van der Waals surface area contributed by atoms with Crippen LogP contribution in [-0.2, 0) is 16.4 Å². The summed E-state index contributed by atoms with van der Waals surface area (Å²) in [5.41, 5.74) is 0.897. The van der Waals surface area contributed by atoms with Gasteiger partial charge in [0.15, 0.2) is 0 Å². The summed E-state index contributed by atoms with van der Waals surface area (Å²) in [7, 11) is -3.52. The van der Waals surface area contributed by atoms with Crippen molar-refractivity contribution in [2.24, 2.45) is 0 Å². The zero-order valence-electron chi connectivity index (χ0n) is 13.5. The van der Waals surface area contributed by atoms with Crippen LogP contribution >= 0.6 is 0 Å². The van der Waals surface area contributed by atoms with Gasteiger partial charge in [0.1, 0.15) is 5.82 Å². The van der Waals surface area contributed by atoms with E-state index in [9.17, 15) is 17.6 Å². The molecule has 2 aromatic rings. The van der Waals surface area contributed by atoms with Gasteiger partial charge in [-0.3, -0.25) is 4.79 Å². The van der Waals surface area contributed by atoms with Gasteiger partial charge >= 0.3 is 0 Å². The van der Waals surface area contributed by atoms with Gasteiger partial charge in [-0.2, -0.15) is 0 Å². The molecule has 0 unspecified atom stereocenters. The van der Waals surface area contributed by atoms with E-state index < -0.39 is 10.0 Å². The summed E-state index contributed by atoms with van der Waals surface area (Å²) in [5.74, 6) is -0.620. The Morgan fingerprint density at radius 1 is 1.08 bits per heavy atom. The zero-order chi connectivity index (χ0) is 17.9. The maximum Gasteiger partial charge on any atom is 0.251 e. The van der Waals surface area contributed by atoms with E-state index in [1.807, 2.05) is 0 Å². The third-order valence-corrected chi connectivity index (χ3v) is 5.50. The molecule has 5 nitrogen and oxygen atoms in total. The Morgan fingerprint density at radius 2 is 1.76 bits per heavy atom. The topological polar surface area (TPSA) is 75.3 Å². The lowest BCUT2D eigenvalue weighted by Gasteiger charge is -2.08. The molecule has 0 saturated heterocycles. The predicted molar refractivity (Wildman–Crippen MR) is 92.2 cm³/mol. The number of rotatable bonds is 7. The fraction of sp³-hybridized carbons (Fsp3) is 0.278. The van der Waals surface area contributed by atoms with Gasteiger partial charge in [0.2, 0.25) is 10.0 Å². The predicted octanol–water partition coefficient (Wildman–Crippen LogP) is 2.24. The zero-order valence-corrected chi connectivity index (χ0v) is 14.4. The molecule has 0 radical (unpaired) electrons. The minimum absolute atomic E-state index is 0.0337. The number of carbonyl (C=O) groups excluding carboxylic acids is 1. The van der Waals surface area contributed by atoms with Crippen LogP contribution in [0.1, 0.15) is 28.8 Å². The van der Waals surface area contributed by atoms with E-state index in [-0.39, 0.29) is 22.7 Å². The van der Waals surface area contributed by atoms with Crippen LogP contribution in [0, 0.1) is 5.82 Å². The first-order chi connectivity index (χ1) is 12.0. The van der Waals surface area contributed by atoms with Crippen LogP contribution < -0.4 is 10.0 Å². The first kappa shape index (κ1) is 17.6. The van der Waals surface area contributed by atoms with Gasteiger partial charge < -0.3 is 5.32 Å². The molecule has 1 amide bonds. The smallest absolute Gasteiger partial charge is 0.251 e. The minimum atomic E-state index is -3.52. The molecule has 2 N–H and O–H groups in total. The third kappa shape index (κ3) is 4.64. The lowest BCUT2D eigenvalue weighted by molar-refractivity contribution is 0.0954. The molecule has 0 aromatic heterocycles. The molecule has 0 heterocycles. The van der Waals surface area contributed by atoms with Gasteiger partial charge in [0.05, 0.1) is 4.90 Å².